The normalized spacial score (nSPS) is 10.2. The maximum Gasteiger partial charge on any atom is 0.255 e. The van der Waals surface area contributed by atoms with Gasteiger partial charge in [0.05, 0.1) is 0 Å². The Morgan fingerprint density at radius 2 is 1.72 bits per heavy atom. The summed E-state index contributed by atoms with van der Waals surface area (Å²) in [7, 11) is 0. The Labute approximate surface area is 123 Å². The molecule has 1 amide bonds. The number of hydrogen-bond acceptors (Lipinski definition) is 1. The topological polar surface area (TPSA) is 29.1 Å². The molecule has 0 heterocycles. The number of benzene rings is 2. The zero-order chi connectivity index (χ0) is 13.1. The molecular formula is C14H11Br2NO. The van der Waals surface area contributed by atoms with Gasteiger partial charge in [-0.15, -0.1) is 0 Å². The van der Waals surface area contributed by atoms with Gasteiger partial charge in [-0.2, -0.15) is 0 Å². The smallest absolute Gasteiger partial charge is 0.255 e. The van der Waals surface area contributed by atoms with Crippen molar-refractivity contribution in [1.82, 2.24) is 0 Å². The molecule has 0 saturated heterocycles. The molecule has 0 saturated carbocycles. The van der Waals surface area contributed by atoms with E-state index in [4.69, 9.17) is 0 Å². The maximum atomic E-state index is 12.1. The van der Waals surface area contributed by atoms with Gasteiger partial charge in [-0.25, -0.2) is 0 Å². The molecule has 0 bridgehead atoms. The predicted molar refractivity (Wildman–Crippen MR) is 81.0 cm³/mol. The summed E-state index contributed by atoms with van der Waals surface area (Å²) in [6, 6.07) is 13.1. The number of nitrogens with one attached hydrogen (secondary N) is 1. The first-order valence-electron chi connectivity index (χ1n) is 5.40. The van der Waals surface area contributed by atoms with E-state index in [9.17, 15) is 4.79 Å². The Kier molecular flexibility index (Phi) is 4.19. The quantitative estimate of drug-likeness (QED) is 0.812. The Balaban J connectivity index is 2.22. The number of rotatable bonds is 2. The Hall–Kier alpha value is -1.13. The largest absolute Gasteiger partial charge is 0.322 e. The summed E-state index contributed by atoms with van der Waals surface area (Å²) in [5.41, 5.74) is 2.39. The summed E-state index contributed by atoms with van der Waals surface area (Å²) in [5, 5.41) is 2.87. The zero-order valence-corrected chi connectivity index (χ0v) is 12.9. The van der Waals surface area contributed by atoms with Gasteiger partial charge < -0.3 is 5.32 Å². The Morgan fingerprint density at radius 1 is 1.06 bits per heavy atom. The minimum absolute atomic E-state index is 0.101. The van der Waals surface area contributed by atoms with Gasteiger partial charge in [-0.1, -0.05) is 37.9 Å². The van der Waals surface area contributed by atoms with Gasteiger partial charge in [0.25, 0.3) is 5.91 Å². The fourth-order valence-electron chi connectivity index (χ4n) is 1.59. The number of amides is 1. The second-order valence-corrected chi connectivity index (χ2v) is 5.64. The van der Waals surface area contributed by atoms with Crippen LogP contribution in [0.15, 0.2) is 51.4 Å². The van der Waals surface area contributed by atoms with Gasteiger partial charge in [0.2, 0.25) is 0 Å². The molecule has 4 heteroatoms. The highest BCUT2D eigenvalue weighted by Gasteiger charge is 2.10. The third-order valence-corrected chi connectivity index (χ3v) is 4.00. The molecule has 0 aliphatic heterocycles. The fraction of sp³-hybridized carbons (Fsp3) is 0.0714. The van der Waals surface area contributed by atoms with Crippen LogP contribution in [0.1, 0.15) is 15.9 Å². The zero-order valence-electron chi connectivity index (χ0n) is 9.71. The minimum Gasteiger partial charge on any atom is -0.322 e. The molecule has 0 radical (unpaired) electrons. The summed E-state index contributed by atoms with van der Waals surface area (Å²) in [4.78, 5) is 12.1. The van der Waals surface area contributed by atoms with Crippen LogP contribution < -0.4 is 5.32 Å². The van der Waals surface area contributed by atoms with Crippen LogP contribution in [0, 0.1) is 6.92 Å². The van der Waals surface area contributed by atoms with E-state index in [1.165, 1.54) is 0 Å². The molecule has 2 aromatic carbocycles. The van der Waals surface area contributed by atoms with Crippen LogP contribution >= 0.6 is 31.9 Å². The second-order valence-electron chi connectivity index (χ2n) is 3.87. The molecule has 0 aromatic heterocycles. The molecule has 2 rings (SSSR count). The lowest BCUT2D eigenvalue weighted by Crippen LogP contribution is -2.13. The van der Waals surface area contributed by atoms with E-state index in [1.807, 2.05) is 49.4 Å². The van der Waals surface area contributed by atoms with Gasteiger partial charge in [-0.3, -0.25) is 4.79 Å². The Bertz CT molecular complexity index is 579. The summed E-state index contributed by atoms with van der Waals surface area (Å²) < 4.78 is 1.92. The lowest BCUT2D eigenvalue weighted by Gasteiger charge is -2.08. The standard InChI is InChI=1S/C14H11Br2NO/c1-9-12(3-2-4-13(9)16)14(18)17-11-7-5-10(15)6-8-11/h2-8H,1H3,(H,17,18). The van der Waals surface area contributed by atoms with E-state index in [0.29, 0.717) is 5.56 Å². The minimum atomic E-state index is -0.101. The van der Waals surface area contributed by atoms with E-state index < -0.39 is 0 Å². The van der Waals surface area contributed by atoms with Crippen molar-refractivity contribution in [3.63, 3.8) is 0 Å². The van der Waals surface area contributed by atoms with E-state index in [0.717, 1.165) is 20.2 Å². The average Bonchev–Trinajstić information content (AvgIpc) is 2.35. The first kappa shape index (κ1) is 13.3. The van der Waals surface area contributed by atoms with Crippen LogP contribution in [0.5, 0.6) is 0 Å². The molecule has 0 unspecified atom stereocenters. The molecule has 0 spiro atoms. The summed E-state index contributed by atoms with van der Waals surface area (Å²) in [6.45, 7) is 1.92. The first-order chi connectivity index (χ1) is 8.58. The number of carbonyl (C=O) groups excluding carboxylic acids is 1. The highest BCUT2D eigenvalue weighted by molar-refractivity contribution is 9.10. The van der Waals surface area contributed by atoms with Crippen LogP contribution in [0.25, 0.3) is 0 Å². The Morgan fingerprint density at radius 3 is 2.39 bits per heavy atom. The number of carbonyl (C=O) groups is 1. The van der Waals surface area contributed by atoms with Crippen molar-refractivity contribution in [1.29, 1.82) is 0 Å². The van der Waals surface area contributed by atoms with Gasteiger partial charge in [-0.05, 0) is 48.9 Å². The fourth-order valence-corrected chi connectivity index (χ4v) is 2.22. The lowest BCUT2D eigenvalue weighted by molar-refractivity contribution is 0.102. The van der Waals surface area contributed by atoms with Crippen molar-refractivity contribution in [2.24, 2.45) is 0 Å². The van der Waals surface area contributed by atoms with Crippen LogP contribution in [-0.4, -0.2) is 5.91 Å². The van der Waals surface area contributed by atoms with Crippen LogP contribution in [0.2, 0.25) is 0 Å². The van der Waals surface area contributed by atoms with E-state index in [2.05, 4.69) is 37.2 Å². The van der Waals surface area contributed by atoms with Crippen molar-refractivity contribution in [3.8, 4) is 0 Å². The van der Waals surface area contributed by atoms with Crippen molar-refractivity contribution < 1.29 is 4.79 Å². The summed E-state index contributed by atoms with van der Waals surface area (Å²) in [6.07, 6.45) is 0. The molecule has 0 aliphatic carbocycles. The van der Waals surface area contributed by atoms with Crippen molar-refractivity contribution >= 4 is 43.5 Å². The summed E-state index contributed by atoms with van der Waals surface area (Å²) >= 11 is 6.78. The number of halogens is 2. The predicted octanol–water partition coefficient (Wildman–Crippen LogP) is 4.77. The third kappa shape index (κ3) is 3.00. The average molecular weight is 369 g/mol. The van der Waals surface area contributed by atoms with Crippen LogP contribution in [0.3, 0.4) is 0 Å². The summed E-state index contributed by atoms with van der Waals surface area (Å²) in [5.74, 6) is -0.101. The van der Waals surface area contributed by atoms with Crippen molar-refractivity contribution in [2.45, 2.75) is 6.92 Å². The van der Waals surface area contributed by atoms with Crippen LogP contribution in [0.4, 0.5) is 5.69 Å². The van der Waals surface area contributed by atoms with E-state index in [-0.39, 0.29) is 5.91 Å². The first-order valence-corrected chi connectivity index (χ1v) is 6.98. The molecule has 1 N–H and O–H groups in total. The number of anilines is 1. The SMILES string of the molecule is Cc1c(Br)cccc1C(=O)Nc1ccc(Br)cc1. The van der Waals surface area contributed by atoms with Crippen molar-refractivity contribution in [3.05, 3.63) is 62.5 Å². The molecule has 2 nitrogen and oxygen atoms in total. The second kappa shape index (κ2) is 5.67. The molecule has 0 aliphatic rings. The van der Waals surface area contributed by atoms with Gasteiger partial charge in [0.1, 0.15) is 0 Å². The molecule has 0 fully saturated rings. The lowest BCUT2D eigenvalue weighted by atomic mass is 10.1. The van der Waals surface area contributed by atoms with Crippen molar-refractivity contribution in [2.75, 3.05) is 5.32 Å². The highest BCUT2D eigenvalue weighted by atomic mass is 79.9. The van der Waals surface area contributed by atoms with E-state index >= 15 is 0 Å². The van der Waals surface area contributed by atoms with Gasteiger partial charge in [0.15, 0.2) is 0 Å². The molecular weight excluding hydrogens is 358 g/mol. The molecule has 18 heavy (non-hydrogen) atoms. The highest BCUT2D eigenvalue weighted by Crippen LogP contribution is 2.21. The molecule has 92 valence electrons. The van der Waals surface area contributed by atoms with Gasteiger partial charge >= 0.3 is 0 Å². The molecule has 0 atom stereocenters. The van der Waals surface area contributed by atoms with Gasteiger partial charge in [0, 0.05) is 20.2 Å². The third-order valence-electron chi connectivity index (χ3n) is 2.61. The number of hydrogen-bond donors (Lipinski definition) is 1. The monoisotopic (exact) mass is 367 g/mol. The van der Waals surface area contributed by atoms with Crippen LogP contribution in [-0.2, 0) is 0 Å². The molecule has 2 aromatic rings. The van der Waals surface area contributed by atoms with E-state index in [1.54, 1.807) is 0 Å². The maximum absolute atomic E-state index is 12.1.